The van der Waals surface area contributed by atoms with Crippen LogP contribution in [0.25, 0.3) is 17.2 Å². The molecular formula is C25H28N4O7. The van der Waals surface area contributed by atoms with E-state index in [0.717, 1.165) is 5.69 Å². The molecule has 2 aromatic rings. The minimum absolute atomic E-state index is 0.0528. The second-order valence-electron chi connectivity index (χ2n) is 9.88. The van der Waals surface area contributed by atoms with E-state index in [1.54, 1.807) is 13.0 Å². The molecule has 0 spiro atoms. The van der Waals surface area contributed by atoms with Crippen molar-refractivity contribution in [1.82, 2.24) is 10.1 Å². The monoisotopic (exact) mass is 496 g/mol. The molecule has 3 aliphatic carbocycles. The number of aliphatic hydroxyl groups is 2. The number of carbonyl (C=O) groups is 2. The van der Waals surface area contributed by atoms with Crippen LogP contribution in [-0.2, 0) is 20.7 Å². The Balaban J connectivity index is 1.72. The smallest absolute Gasteiger partial charge is 0.261 e. The van der Waals surface area contributed by atoms with Crippen LogP contribution in [0.1, 0.15) is 36.2 Å². The fourth-order valence-electron chi connectivity index (χ4n) is 6.00. The maximum Gasteiger partial charge on any atom is 0.261 e. The third-order valence-corrected chi connectivity index (χ3v) is 7.72. The van der Waals surface area contributed by atoms with Crippen molar-refractivity contribution in [3.8, 4) is 17.2 Å². The summed E-state index contributed by atoms with van der Waals surface area (Å²) in [4.78, 5) is 32.0. The Morgan fingerprint density at radius 1 is 1.28 bits per heavy atom. The number of rotatable bonds is 4. The van der Waals surface area contributed by atoms with E-state index in [4.69, 9.17) is 15.0 Å². The molecule has 3 atom stereocenters. The Kier molecular flexibility index (Phi) is 5.36. The Morgan fingerprint density at radius 2 is 2.00 bits per heavy atom. The zero-order valence-corrected chi connectivity index (χ0v) is 20.5. The van der Waals surface area contributed by atoms with Gasteiger partial charge in [0.2, 0.25) is 5.91 Å². The number of aryl methyl sites for hydroxylation is 1. The van der Waals surface area contributed by atoms with Crippen LogP contribution < -0.4 is 10.6 Å². The molecule has 5 N–H and O–H groups in total. The summed E-state index contributed by atoms with van der Waals surface area (Å²) >= 11 is 0. The normalized spacial score (nSPS) is 25.4. The van der Waals surface area contributed by atoms with Gasteiger partial charge < -0.3 is 35.2 Å². The van der Waals surface area contributed by atoms with Gasteiger partial charge in [-0.05, 0) is 37.3 Å². The standard InChI is InChI=1S/C25H28N4O7/c1-10-27-24(36-28-10)14-8-16(29(2)3)13-6-11-5-12-7-17(30)15(23(26)34)9-25(12,35-4)22(33)18(11)21(32)19(13)20(14)31/h8,11-12,30-32H,5-7,9H2,1-4H3,(H2,26,34)/t11-,12+,25+/m1/s1. The van der Waals surface area contributed by atoms with E-state index in [-0.39, 0.29) is 64.2 Å². The molecule has 1 saturated carbocycles. The maximum atomic E-state index is 14.0. The lowest BCUT2D eigenvalue weighted by Crippen LogP contribution is -2.57. The van der Waals surface area contributed by atoms with Gasteiger partial charge in [-0.3, -0.25) is 9.59 Å². The number of carbonyl (C=O) groups excluding carboxylic acids is 2. The lowest BCUT2D eigenvalue weighted by Gasteiger charge is -2.49. The molecule has 0 aliphatic heterocycles. The quantitative estimate of drug-likeness (QED) is 0.492. The van der Waals surface area contributed by atoms with Crippen molar-refractivity contribution in [2.75, 3.05) is 26.1 Å². The molecule has 1 fully saturated rings. The fraction of sp³-hybridized carbons (Fsp3) is 0.440. The first-order chi connectivity index (χ1) is 17.0. The first kappa shape index (κ1) is 23.9. The number of methoxy groups -OCH3 is 1. The van der Waals surface area contributed by atoms with Gasteiger partial charge in [0.25, 0.3) is 5.89 Å². The van der Waals surface area contributed by atoms with E-state index in [2.05, 4.69) is 10.1 Å². The topological polar surface area (TPSA) is 172 Å². The molecule has 11 heteroatoms. The lowest BCUT2D eigenvalue weighted by atomic mass is 9.59. The van der Waals surface area contributed by atoms with E-state index >= 15 is 0 Å². The molecule has 0 radical (unpaired) electrons. The number of fused-ring (bicyclic) bond motifs is 3. The first-order valence-corrected chi connectivity index (χ1v) is 11.6. The molecule has 0 unspecified atom stereocenters. The highest BCUT2D eigenvalue weighted by atomic mass is 16.5. The highest BCUT2D eigenvalue weighted by molar-refractivity contribution is 6.11. The van der Waals surface area contributed by atoms with Crippen molar-refractivity contribution < 1.29 is 34.2 Å². The van der Waals surface area contributed by atoms with Gasteiger partial charge in [-0.2, -0.15) is 4.98 Å². The van der Waals surface area contributed by atoms with Crippen LogP contribution in [0.4, 0.5) is 5.69 Å². The molecule has 1 amide bonds. The number of hydrogen-bond acceptors (Lipinski definition) is 10. The van der Waals surface area contributed by atoms with Crippen molar-refractivity contribution in [1.29, 1.82) is 0 Å². The number of aliphatic hydroxyl groups excluding tert-OH is 2. The Morgan fingerprint density at radius 3 is 2.58 bits per heavy atom. The van der Waals surface area contributed by atoms with Crippen LogP contribution in [0, 0.1) is 18.8 Å². The molecule has 0 saturated heterocycles. The number of primary amides is 1. The summed E-state index contributed by atoms with van der Waals surface area (Å²) in [5.74, 6) is -2.39. The predicted octanol–water partition coefficient (Wildman–Crippen LogP) is 2.32. The molecule has 3 aliphatic rings. The summed E-state index contributed by atoms with van der Waals surface area (Å²) in [5.41, 5.74) is 5.82. The van der Waals surface area contributed by atoms with Crippen LogP contribution in [0.3, 0.4) is 0 Å². The van der Waals surface area contributed by atoms with Crippen LogP contribution in [0.5, 0.6) is 5.75 Å². The van der Waals surface area contributed by atoms with Gasteiger partial charge in [-0.25, -0.2) is 0 Å². The number of nitrogens with zero attached hydrogens (tertiary/aromatic N) is 3. The number of allylic oxidation sites excluding steroid dienone is 1. The van der Waals surface area contributed by atoms with Gasteiger partial charge in [-0.15, -0.1) is 0 Å². The number of aromatic hydroxyl groups is 1. The van der Waals surface area contributed by atoms with Crippen LogP contribution in [0.2, 0.25) is 0 Å². The highest BCUT2D eigenvalue weighted by Gasteiger charge is 2.58. The van der Waals surface area contributed by atoms with Crippen LogP contribution >= 0.6 is 0 Å². The molecular weight excluding hydrogens is 468 g/mol. The van der Waals surface area contributed by atoms with Crippen molar-refractivity contribution >= 4 is 23.1 Å². The summed E-state index contributed by atoms with van der Waals surface area (Å²) in [5, 5.41) is 37.0. The van der Waals surface area contributed by atoms with E-state index in [9.17, 15) is 24.9 Å². The maximum absolute atomic E-state index is 14.0. The molecule has 1 heterocycles. The van der Waals surface area contributed by atoms with Crippen molar-refractivity contribution in [2.45, 2.75) is 38.2 Å². The van der Waals surface area contributed by atoms with E-state index in [1.165, 1.54) is 7.11 Å². The van der Waals surface area contributed by atoms with Gasteiger partial charge in [0.15, 0.2) is 11.6 Å². The molecule has 11 nitrogen and oxygen atoms in total. The minimum Gasteiger partial charge on any atom is -0.512 e. The van der Waals surface area contributed by atoms with Gasteiger partial charge in [0, 0.05) is 51.2 Å². The molecule has 0 bridgehead atoms. The van der Waals surface area contributed by atoms with Crippen molar-refractivity contribution in [2.24, 2.45) is 17.6 Å². The van der Waals surface area contributed by atoms with Crippen LogP contribution in [0.15, 0.2) is 27.5 Å². The molecule has 5 rings (SSSR count). The summed E-state index contributed by atoms with van der Waals surface area (Å²) in [6.07, 6.45) is 0.665. The number of phenolic OH excluding ortho intramolecular Hbond substituents is 1. The average Bonchev–Trinajstić information content (AvgIpc) is 3.24. The zero-order chi connectivity index (χ0) is 26.1. The molecule has 190 valence electrons. The van der Waals surface area contributed by atoms with Gasteiger partial charge in [0.1, 0.15) is 22.9 Å². The number of Topliss-reactive ketones (excluding diaryl/α,β-unsaturated/α-hetero) is 1. The number of anilines is 1. The Labute approximate surface area is 206 Å². The fourth-order valence-corrected chi connectivity index (χ4v) is 6.00. The van der Waals surface area contributed by atoms with Gasteiger partial charge in [-0.1, -0.05) is 5.16 Å². The Bertz CT molecular complexity index is 1370. The number of amides is 1. The Hall–Kier alpha value is -3.86. The third-order valence-electron chi connectivity index (χ3n) is 7.72. The largest absolute Gasteiger partial charge is 0.512 e. The summed E-state index contributed by atoms with van der Waals surface area (Å²) in [6.45, 7) is 1.65. The number of phenols is 1. The van der Waals surface area contributed by atoms with Crippen molar-refractivity contribution in [3.05, 3.63) is 39.9 Å². The summed E-state index contributed by atoms with van der Waals surface area (Å²) in [7, 11) is 5.05. The van der Waals surface area contributed by atoms with Gasteiger partial charge >= 0.3 is 0 Å². The summed E-state index contributed by atoms with van der Waals surface area (Å²) < 4.78 is 11.0. The number of ketones is 1. The lowest BCUT2D eigenvalue weighted by molar-refractivity contribution is -0.152. The van der Waals surface area contributed by atoms with E-state index in [0.29, 0.717) is 24.2 Å². The zero-order valence-electron chi connectivity index (χ0n) is 20.5. The first-order valence-electron chi connectivity index (χ1n) is 11.6. The molecule has 36 heavy (non-hydrogen) atoms. The summed E-state index contributed by atoms with van der Waals surface area (Å²) in [6, 6.07) is 1.72. The number of aromatic nitrogens is 2. The van der Waals surface area contributed by atoms with Gasteiger partial charge in [0.05, 0.1) is 16.7 Å². The SMILES string of the molecule is CO[C@@]12CC(C(N)=O)=C(O)C[C@@H]1C[C@@H]1Cc3c(N(C)C)cc(-c4nc(C)no4)c(O)c3C(O)=C1C2=O. The number of benzene rings is 1. The van der Waals surface area contributed by atoms with E-state index in [1.807, 2.05) is 19.0 Å². The second kappa shape index (κ2) is 8.09. The molecule has 1 aromatic heterocycles. The number of ether oxygens (including phenoxy) is 1. The average molecular weight is 497 g/mol. The number of nitrogens with two attached hydrogens (primary N) is 1. The third kappa shape index (κ3) is 3.22. The molecule has 1 aromatic carbocycles. The van der Waals surface area contributed by atoms with Crippen LogP contribution in [-0.4, -0.2) is 64.0 Å². The number of hydrogen-bond donors (Lipinski definition) is 4. The van der Waals surface area contributed by atoms with Crippen molar-refractivity contribution in [3.63, 3.8) is 0 Å². The minimum atomic E-state index is -1.46. The highest BCUT2D eigenvalue weighted by Crippen LogP contribution is 2.55. The second-order valence-corrected chi connectivity index (χ2v) is 9.88. The predicted molar refractivity (Wildman–Crippen MR) is 128 cm³/mol. The van der Waals surface area contributed by atoms with E-state index < -0.39 is 23.2 Å².